The second-order valence-electron chi connectivity index (χ2n) is 3.65. The summed E-state index contributed by atoms with van der Waals surface area (Å²) in [5, 5.41) is 20.0. The number of hydrogen-bond donors (Lipinski definition) is 2. The average molecular weight is 219 g/mol. The number of hydrogen-bond acceptors (Lipinski definition) is 4. The van der Waals surface area contributed by atoms with E-state index >= 15 is 0 Å². The summed E-state index contributed by atoms with van der Waals surface area (Å²) in [6.07, 6.45) is 0. The van der Waals surface area contributed by atoms with Crippen molar-refractivity contribution in [2.45, 2.75) is 19.8 Å². The molecule has 0 aliphatic carbocycles. The maximum absolute atomic E-state index is 10.4. The van der Waals surface area contributed by atoms with Gasteiger partial charge < -0.3 is 10.4 Å². The Kier molecular flexibility index (Phi) is 3.84. The zero-order chi connectivity index (χ0) is 12.1. The Morgan fingerprint density at radius 3 is 2.81 bits per heavy atom. The van der Waals surface area contributed by atoms with Crippen molar-refractivity contribution in [2.24, 2.45) is 0 Å². The largest absolute Gasteiger partial charge is 0.480 e. The van der Waals surface area contributed by atoms with Crippen LogP contribution in [0, 0.1) is 11.3 Å². The lowest BCUT2D eigenvalue weighted by atomic mass is 10.1. The van der Waals surface area contributed by atoms with Crippen LogP contribution in [0.25, 0.3) is 0 Å². The van der Waals surface area contributed by atoms with Crippen LogP contribution in [0.3, 0.4) is 0 Å². The maximum atomic E-state index is 10.4. The van der Waals surface area contributed by atoms with E-state index in [1.807, 2.05) is 19.9 Å². The van der Waals surface area contributed by atoms with Crippen LogP contribution in [0.2, 0.25) is 0 Å². The van der Waals surface area contributed by atoms with E-state index < -0.39 is 5.97 Å². The predicted octanol–water partition coefficient (Wildman–Crippen LogP) is 1.57. The number of carboxylic acid groups (broad SMARTS) is 1. The van der Waals surface area contributed by atoms with Gasteiger partial charge in [-0.05, 0) is 18.1 Å². The van der Waals surface area contributed by atoms with Crippen LogP contribution in [-0.4, -0.2) is 22.6 Å². The van der Waals surface area contributed by atoms with Gasteiger partial charge in [0.15, 0.2) is 0 Å². The Morgan fingerprint density at radius 1 is 1.62 bits per heavy atom. The molecule has 0 amide bonds. The van der Waals surface area contributed by atoms with Crippen LogP contribution in [0.5, 0.6) is 0 Å². The molecule has 5 heteroatoms. The number of aliphatic carboxylic acids is 1. The second-order valence-corrected chi connectivity index (χ2v) is 3.65. The lowest BCUT2D eigenvalue weighted by Crippen LogP contribution is -2.14. The van der Waals surface area contributed by atoms with Gasteiger partial charge in [-0.2, -0.15) is 5.26 Å². The number of anilines is 1. The Labute approximate surface area is 93.7 Å². The van der Waals surface area contributed by atoms with Crippen LogP contribution in [0.4, 0.5) is 5.82 Å². The highest BCUT2D eigenvalue weighted by atomic mass is 16.4. The number of rotatable bonds is 4. The van der Waals surface area contributed by atoms with Crippen molar-refractivity contribution >= 4 is 11.8 Å². The molecule has 0 aliphatic rings. The number of nitriles is 1. The molecule has 0 bridgehead atoms. The highest BCUT2D eigenvalue weighted by molar-refractivity contribution is 5.73. The van der Waals surface area contributed by atoms with Gasteiger partial charge in [0, 0.05) is 5.69 Å². The molecule has 0 spiro atoms. The fourth-order valence-corrected chi connectivity index (χ4v) is 1.18. The molecule has 1 rings (SSSR count). The molecule has 1 aromatic heterocycles. The Morgan fingerprint density at radius 2 is 2.31 bits per heavy atom. The number of nitrogens with zero attached hydrogens (tertiary/aromatic N) is 2. The minimum atomic E-state index is -0.986. The van der Waals surface area contributed by atoms with Gasteiger partial charge in [0.05, 0.1) is 5.56 Å². The van der Waals surface area contributed by atoms with E-state index in [2.05, 4.69) is 10.3 Å². The van der Waals surface area contributed by atoms with E-state index in [0.717, 1.165) is 5.69 Å². The first-order valence-corrected chi connectivity index (χ1v) is 4.91. The van der Waals surface area contributed by atoms with Crippen molar-refractivity contribution in [1.82, 2.24) is 4.98 Å². The molecule has 0 atom stereocenters. The summed E-state index contributed by atoms with van der Waals surface area (Å²) >= 11 is 0. The van der Waals surface area contributed by atoms with Gasteiger partial charge >= 0.3 is 5.97 Å². The fourth-order valence-electron chi connectivity index (χ4n) is 1.18. The van der Waals surface area contributed by atoms with Crippen LogP contribution in [0.15, 0.2) is 12.1 Å². The quantitative estimate of drug-likeness (QED) is 0.802. The Bertz CT molecular complexity index is 435. The SMILES string of the molecule is CC(C)c1ccc(C#N)c(NCC(=O)O)n1. The third kappa shape index (κ3) is 2.95. The molecular formula is C11H13N3O2. The van der Waals surface area contributed by atoms with Crippen molar-refractivity contribution in [2.75, 3.05) is 11.9 Å². The highest BCUT2D eigenvalue weighted by Gasteiger charge is 2.08. The number of aromatic nitrogens is 1. The summed E-state index contributed by atoms with van der Waals surface area (Å²) in [6.45, 7) is 3.72. The maximum Gasteiger partial charge on any atom is 0.322 e. The van der Waals surface area contributed by atoms with Crippen molar-refractivity contribution in [3.63, 3.8) is 0 Å². The zero-order valence-corrected chi connectivity index (χ0v) is 9.19. The third-order valence-corrected chi connectivity index (χ3v) is 2.04. The molecule has 16 heavy (non-hydrogen) atoms. The summed E-state index contributed by atoms with van der Waals surface area (Å²) < 4.78 is 0. The molecule has 0 unspecified atom stereocenters. The van der Waals surface area contributed by atoms with E-state index in [9.17, 15) is 4.79 Å². The molecule has 0 aromatic carbocycles. The van der Waals surface area contributed by atoms with Crippen molar-refractivity contribution in [3.05, 3.63) is 23.4 Å². The van der Waals surface area contributed by atoms with Crippen LogP contribution < -0.4 is 5.32 Å². The average Bonchev–Trinajstić information content (AvgIpc) is 2.25. The monoisotopic (exact) mass is 219 g/mol. The third-order valence-electron chi connectivity index (χ3n) is 2.04. The summed E-state index contributed by atoms with van der Waals surface area (Å²) in [5.41, 5.74) is 1.18. The first kappa shape index (κ1) is 12.0. The molecule has 2 N–H and O–H groups in total. The van der Waals surface area contributed by atoms with Gasteiger partial charge in [-0.1, -0.05) is 13.8 Å². The second kappa shape index (κ2) is 5.12. The van der Waals surface area contributed by atoms with Gasteiger partial charge in [-0.15, -0.1) is 0 Å². The molecule has 0 aliphatic heterocycles. The van der Waals surface area contributed by atoms with Gasteiger partial charge in [0.2, 0.25) is 0 Å². The van der Waals surface area contributed by atoms with E-state index in [1.165, 1.54) is 0 Å². The number of carbonyl (C=O) groups is 1. The van der Waals surface area contributed by atoms with Gasteiger partial charge in [-0.25, -0.2) is 4.98 Å². The summed E-state index contributed by atoms with van der Waals surface area (Å²) in [5.74, 6) is -0.421. The van der Waals surface area contributed by atoms with E-state index in [0.29, 0.717) is 11.4 Å². The van der Waals surface area contributed by atoms with Crippen LogP contribution in [0.1, 0.15) is 31.0 Å². The smallest absolute Gasteiger partial charge is 0.322 e. The molecule has 1 heterocycles. The summed E-state index contributed by atoms with van der Waals surface area (Å²) in [7, 11) is 0. The molecule has 0 saturated carbocycles. The van der Waals surface area contributed by atoms with Crippen LogP contribution >= 0.6 is 0 Å². The summed E-state index contributed by atoms with van der Waals surface area (Å²) in [4.78, 5) is 14.6. The molecule has 1 aromatic rings. The van der Waals surface area contributed by atoms with Gasteiger partial charge in [0.1, 0.15) is 18.4 Å². The zero-order valence-electron chi connectivity index (χ0n) is 9.19. The van der Waals surface area contributed by atoms with Crippen molar-refractivity contribution in [1.29, 1.82) is 5.26 Å². The topological polar surface area (TPSA) is 86.0 Å². The Hall–Kier alpha value is -2.09. The normalized spacial score (nSPS) is 9.88. The van der Waals surface area contributed by atoms with Gasteiger partial charge in [-0.3, -0.25) is 4.79 Å². The number of pyridine rings is 1. The minimum absolute atomic E-state index is 0.234. The number of nitrogens with one attached hydrogen (secondary N) is 1. The predicted molar refractivity (Wildman–Crippen MR) is 59.2 cm³/mol. The van der Waals surface area contributed by atoms with Crippen molar-refractivity contribution < 1.29 is 9.90 Å². The fraction of sp³-hybridized carbons (Fsp3) is 0.364. The Balaban J connectivity index is 2.98. The van der Waals surface area contributed by atoms with Crippen LogP contribution in [-0.2, 0) is 4.79 Å². The van der Waals surface area contributed by atoms with E-state index in [-0.39, 0.29) is 12.5 Å². The summed E-state index contributed by atoms with van der Waals surface area (Å²) in [6, 6.07) is 5.39. The highest BCUT2D eigenvalue weighted by Crippen LogP contribution is 2.17. The molecule has 84 valence electrons. The lowest BCUT2D eigenvalue weighted by molar-refractivity contribution is -0.134. The minimum Gasteiger partial charge on any atom is -0.480 e. The molecule has 5 nitrogen and oxygen atoms in total. The molecule has 0 radical (unpaired) electrons. The standard InChI is InChI=1S/C11H13N3O2/c1-7(2)9-4-3-8(5-12)11(14-9)13-6-10(15)16/h3-4,7H,6H2,1-2H3,(H,13,14)(H,15,16). The molecule has 0 fully saturated rings. The number of carboxylic acids is 1. The molecular weight excluding hydrogens is 206 g/mol. The first-order chi connectivity index (χ1) is 7.54. The van der Waals surface area contributed by atoms with Crippen molar-refractivity contribution in [3.8, 4) is 6.07 Å². The molecule has 0 saturated heterocycles. The lowest BCUT2D eigenvalue weighted by Gasteiger charge is -2.09. The van der Waals surface area contributed by atoms with E-state index in [4.69, 9.17) is 10.4 Å². The first-order valence-electron chi connectivity index (χ1n) is 4.91. The van der Waals surface area contributed by atoms with Gasteiger partial charge in [0.25, 0.3) is 0 Å². The van der Waals surface area contributed by atoms with E-state index in [1.54, 1.807) is 12.1 Å².